The molecule has 0 amide bonds. The van der Waals surface area contributed by atoms with Gasteiger partial charge in [0.2, 0.25) is 0 Å². The highest BCUT2D eigenvalue weighted by Crippen LogP contribution is 2.24. The number of nitrogens with one attached hydrogen (secondary N) is 1. The highest BCUT2D eigenvalue weighted by atomic mass is 19.1. The van der Waals surface area contributed by atoms with Crippen LogP contribution in [0.4, 0.5) is 4.39 Å². The molecule has 0 saturated carbocycles. The molecule has 0 aliphatic carbocycles. The third-order valence-electron chi connectivity index (χ3n) is 2.39. The summed E-state index contributed by atoms with van der Waals surface area (Å²) in [6.45, 7) is 3.99. The quantitative estimate of drug-likeness (QED) is 0.696. The van der Waals surface area contributed by atoms with Gasteiger partial charge in [-0.3, -0.25) is 9.78 Å². The number of fused-ring (bicyclic) bond motifs is 1. The minimum atomic E-state index is -0.109. The van der Waals surface area contributed by atoms with Crippen LogP contribution in [0.5, 0.6) is 0 Å². The van der Waals surface area contributed by atoms with Gasteiger partial charge in [-0.1, -0.05) is 13.8 Å². The molecule has 0 spiro atoms. The van der Waals surface area contributed by atoms with E-state index in [1.807, 2.05) is 31.6 Å². The lowest BCUT2D eigenvalue weighted by atomic mass is 10.0. The van der Waals surface area contributed by atoms with Crippen LogP contribution >= 0.6 is 0 Å². The molecule has 0 atom stereocenters. The molecule has 1 heterocycles. The summed E-state index contributed by atoms with van der Waals surface area (Å²) < 4.78 is 15.2. The first kappa shape index (κ1) is 8.35. The number of aryl methyl sites for hydroxylation is 1. The van der Waals surface area contributed by atoms with Gasteiger partial charge < -0.3 is 0 Å². The Hall–Kier alpha value is -1.25. The number of benzene rings is 1. The molecule has 0 fully saturated rings. The van der Waals surface area contributed by atoms with Crippen molar-refractivity contribution in [3.63, 3.8) is 0 Å². The van der Waals surface area contributed by atoms with Crippen LogP contribution in [0.15, 0.2) is 12.1 Å². The number of rotatable bonds is 1. The summed E-state index contributed by atoms with van der Waals surface area (Å²) in [6, 6.07) is 3.47. The van der Waals surface area contributed by atoms with Crippen molar-refractivity contribution in [2.45, 2.75) is 19.8 Å². The van der Waals surface area contributed by atoms with Gasteiger partial charge >= 0.3 is 0 Å². The van der Waals surface area contributed by atoms with Crippen LogP contribution in [-0.4, -0.2) is 9.78 Å². The minimum Gasteiger partial charge on any atom is -0.296 e. The fourth-order valence-corrected chi connectivity index (χ4v) is 1.58. The zero-order valence-electron chi connectivity index (χ0n) is 8.06. The third kappa shape index (κ3) is 1.15. The number of halogens is 1. The normalized spacial score (nSPS) is 11.8. The van der Waals surface area contributed by atoms with Crippen molar-refractivity contribution < 1.29 is 4.39 Å². The highest BCUT2D eigenvalue weighted by Gasteiger charge is 2.11. The molecule has 13 heavy (non-hydrogen) atoms. The van der Waals surface area contributed by atoms with Crippen LogP contribution in [0.2, 0.25) is 0 Å². The maximum absolute atomic E-state index is 13.4. The Kier molecular flexibility index (Phi) is 1.68. The van der Waals surface area contributed by atoms with Gasteiger partial charge in [0.25, 0.3) is 0 Å². The standard InChI is InChI=1S/C10H13FN2/c1-6(2)7-4-9-10(5-8(7)11)13(3)12-9/h4-6,12H,1-3H3. The first-order valence-electron chi connectivity index (χ1n) is 4.43. The van der Waals surface area contributed by atoms with Gasteiger partial charge in [0.1, 0.15) is 5.82 Å². The molecule has 0 radical (unpaired) electrons. The predicted molar refractivity (Wildman–Crippen MR) is 51.3 cm³/mol. The van der Waals surface area contributed by atoms with Crippen LogP contribution in [-0.2, 0) is 7.05 Å². The summed E-state index contributed by atoms with van der Waals surface area (Å²) in [4.78, 5) is 0. The molecular weight excluding hydrogens is 167 g/mol. The van der Waals surface area contributed by atoms with Gasteiger partial charge in [0, 0.05) is 13.1 Å². The molecule has 3 heteroatoms. The van der Waals surface area contributed by atoms with E-state index in [0.717, 1.165) is 16.6 Å². The third-order valence-corrected chi connectivity index (χ3v) is 2.39. The molecule has 1 aromatic carbocycles. The fourth-order valence-electron chi connectivity index (χ4n) is 1.58. The van der Waals surface area contributed by atoms with Gasteiger partial charge in [0.05, 0.1) is 11.0 Å². The second-order valence-corrected chi connectivity index (χ2v) is 3.72. The van der Waals surface area contributed by atoms with Crippen molar-refractivity contribution in [3.05, 3.63) is 23.5 Å². The average molecular weight is 180 g/mol. The zero-order valence-corrected chi connectivity index (χ0v) is 8.06. The predicted octanol–water partition coefficient (Wildman–Crippen LogP) is 2.77. The first-order chi connectivity index (χ1) is 6.09. The van der Waals surface area contributed by atoms with Crippen LogP contribution in [0.25, 0.3) is 11.0 Å². The topological polar surface area (TPSA) is 20.7 Å². The van der Waals surface area contributed by atoms with Crippen LogP contribution < -0.4 is 0 Å². The van der Waals surface area contributed by atoms with E-state index in [-0.39, 0.29) is 11.7 Å². The Morgan fingerprint density at radius 2 is 2.08 bits per heavy atom. The zero-order chi connectivity index (χ0) is 9.59. The van der Waals surface area contributed by atoms with E-state index < -0.39 is 0 Å². The minimum absolute atomic E-state index is 0.109. The van der Waals surface area contributed by atoms with Gasteiger partial charge in [-0.15, -0.1) is 0 Å². The summed E-state index contributed by atoms with van der Waals surface area (Å²) in [5.41, 5.74) is 2.73. The van der Waals surface area contributed by atoms with Crippen molar-refractivity contribution in [2.75, 3.05) is 0 Å². The lowest BCUT2D eigenvalue weighted by Crippen LogP contribution is -2.07. The summed E-state index contributed by atoms with van der Waals surface area (Å²) in [6.07, 6.45) is 0. The monoisotopic (exact) mass is 180 g/mol. The molecule has 70 valence electrons. The second kappa shape index (κ2) is 2.62. The molecule has 0 aliphatic rings. The maximum atomic E-state index is 13.4. The van der Waals surface area contributed by atoms with Crippen molar-refractivity contribution in [1.82, 2.24) is 9.78 Å². The molecule has 0 saturated heterocycles. The van der Waals surface area contributed by atoms with E-state index in [2.05, 4.69) is 5.10 Å². The molecular formula is C10H13FN2. The molecule has 0 unspecified atom stereocenters. The lowest BCUT2D eigenvalue weighted by molar-refractivity contribution is 0.596. The average Bonchev–Trinajstić information content (AvgIpc) is 2.06. The second-order valence-electron chi connectivity index (χ2n) is 3.72. The lowest BCUT2D eigenvalue weighted by Gasteiger charge is -2.15. The number of hydrogen-bond acceptors (Lipinski definition) is 0. The van der Waals surface area contributed by atoms with Crippen molar-refractivity contribution in [2.24, 2.45) is 7.05 Å². The van der Waals surface area contributed by atoms with E-state index in [4.69, 9.17) is 0 Å². The summed E-state index contributed by atoms with van der Waals surface area (Å²) in [7, 11) is 1.87. The summed E-state index contributed by atoms with van der Waals surface area (Å²) in [5.74, 6) is 0.125. The highest BCUT2D eigenvalue weighted by molar-refractivity contribution is 5.78. The molecule has 2 rings (SSSR count). The Morgan fingerprint density at radius 3 is 2.62 bits per heavy atom. The summed E-state index contributed by atoms with van der Waals surface area (Å²) in [5, 5.41) is 3.08. The smallest absolute Gasteiger partial charge is 0.128 e. The number of aromatic nitrogens is 2. The van der Waals surface area contributed by atoms with E-state index in [1.54, 1.807) is 6.07 Å². The number of H-pyrrole nitrogens is 1. The molecule has 2 aromatic rings. The van der Waals surface area contributed by atoms with Crippen molar-refractivity contribution in [1.29, 1.82) is 0 Å². The molecule has 2 nitrogen and oxygen atoms in total. The van der Waals surface area contributed by atoms with Gasteiger partial charge in [-0.2, -0.15) is 0 Å². The van der Waals surface area contributed by atoms with Crippen LogP contribution in [0, 0.1) is 5.82 Å². The fraction of sp³-hybridized carbons (Fsp3) is 0.400. The van der Waals surface area contributed by atoms with Crippen molar-refractivity contribution in [3.8, 4) is 0 Å². The molecule has 1 aromatic heterocycles. The largest absolute Gasteiger partial charge is 0.296 e. The Balaban J connectivity index is 2.61. The van der Waals surface area contributed by atoms with E-state index >= 15 is 0 Å². The van der Waals surface area contributed by atoms with Gasteiger partial charge in [-0.25, -0.2) is 4.39 Å². The van der Waals surface area contributed by atoms with Crippen LogP contribution in [0.3, 0.4) is 0 Å². The maximum Gasteiger partial charge on any atom is 0.128 e. The Bertz CT molecular complexity index is 437. The number of nitrogens with zero attached hydrogens (tertiary/aromatic N) is 1. The van der Waals surface area contributed by atoms with E-state index in [1.165, 1.54) is 0 Å². The van der Waals surface area contributed by atoms with E-state index in [9.17, 15) is 4.39 Å². The van der Waals surface area contributed by atoms with Crippen LogP contribution in [0.1, 0.15) is 25.3 Å². The Labute approximate surface area is 76.3 Å². The SMILES string of the molecule is CC(C)c1cc2[nH]n(C)c2cc1F. The molecule has 0 aliphatic heterocycles. The first-order valence-corrected chi connectivity index (χ1v) is 4.43. The number of hydrogen-bond donors (Lipinski definition) is 1. The van der Waals surface area contributed by atoms with Gasteiger partial charge in [-0.05, 0) is 17.5 Å². The number of aromatic amines is 1. The van der Waals surface area contributed by atoms with Crippen molar-refractivity contribution >= 4 is 11.0 Å². The Morgan fingerprint density at radius 1 is 1.38 bits per heavy atom. The van der Waals surface area contributed by atoms with Gasteiger partial charge in [0.15, 0.2) is 0 Å². The molecule has 0 bridgehead atoms. The molecule has 1 N–H and O–H groups in total. The van der Waals surface area contributed by atoms with E-state index in [0.29, 0.717) is 0 Å². The summed E-state index contributed by atoms with van der Waals surface area (Å²) >= 11 is 0.